The van der Waals surface area contributed by atoms with Gasteiger partial charge in [-0.25, -0.2) is 14.4 Å². The summed E-state index contributed by atoms with van der Waals surface area (Å²) in [7, 11) is 1.67. The number of carbonyl (C=O) groups is 3. The number of aliphatic imine (C=N–C) groups is 1. The summed E-state index contributed by atoms with van der Waals surface area (Å²) in [6, 6.07) is 23.2. The molecule has 3 amide bonds. The van der Waals surface area contributed by atoms with E-state index in [4.69, 9.17) is 9.47 Å². The number of carbonyl (C=O) groups excluding carboxylic acids is 3. The number of aromatic hydroxyl groups is 1. The number of phenols is 1. The smallest absolute Gasteiger partial charge is 0.295 e. The molecule has 1 unspecified atom stereocenters. The highest BCUT2D eigenvalue weighted by atomic mass is 19.1. The number of nitrogens with zero attached hydrogens (tertiary/aromatic N) is 5. The zero-order chi connectivity index (χ0) is 40.6. The van der Waals surface area contributed by atoms with Crippen molar-refractivity contribution >= 4 is 35.3 Å². The lowest BCUT2D eigenvalue weighted by Crippen LogP contribution is -2.58. The highest BCUT2D eigenvalue weighted by molar-refractivity contribution is 6.07. The normalized spacial score (nSPS) is 23.6. The van der Waals surface area contributed by atoms with Crippen LogP contribution in [0.4, 0.5) is 15.8 Å². The van der Waals surface area contributed by atoms with Crippen LogP contribution in [0.15, 0.2) is 77.8 Å². The number of hydrogen-bond acceptors (Lipinski definition) is 10. The number of amides is 3. The van der Waals surface area contributed by atoms with Gasteiger partial charge >= 0.3 is 0 Å². The van der Waals surface area contributed by atoms with Crippen LogP contribution >= 0.6 is 0 Å². The first-order valence-corrected chi connectivity index (χ1v) is 20.8. The minimum Gasteiger partial charge on any atom is -0.508 e. The molecule has 2 N–H and O–H groups in total. The van der Waals surface area contributed by atoms with Gasteiger partial charge in [-0.05, 0) is 91.0 Å². The number of halogens is 1. The number of aromatic nitrogens is 1. The fourth-order valence-electron chi connectivity index (χ4n) is 9.87. The first-order chi connectivity index (χ1) is 28.7. The van der Waals surface area contributed by atoms with Gasteiger partial charge in [0.1, 0.15) is 35.3 Å². The number of hydrogen-bond donors (Lipinski definition) is 2. The number of benzene rings is 3. The zero-order valence-electron chi connectivity index (χ0n) is 33.2. The lowest BCUT2D eigenvalue weighted by atomic mass is 9.69. The third-order valence-electron chi connectivity index (χ3n) is 12.9. The molecule has 4 aromatic rings. The largest absolute Gasteiger partial charge is 0.508 e. The Kier molecular flexibility index (Phi) is 10.8. The molecule has 5 heterocycles. The van der Waals surface area contributed by atoms with Gasteiger partial charge in [-0.15, -0.1) is 0 Å². The van der Waals surface area contributed by atoms with Crippen LogP contribution in [0, 0.1) is 17.7 Å². The molecule has 3 saturated heterocycles. The lowest BCUT2D eigenvalue weighted by molar-refractivity contribution is -0.134. The standard InChI is InChI=1S/C46H49FN6O6/c1-58-41-23-40(37(47)22-36(41)43-34(29-5-3-2-4-6-29)10-7-30-21-33(54)9-11-35(30)43)52-17-15-28(16-18-52)25-51-19-20-53-32(26-51)27-59-46-39(53)13-12-38(49-46)45(57)48-24-31-8-14-42(55)50-44(31)56/h2-6,9,11-13,21-24,28,31-32,34,43,54H,7-8,10,14-20,25-27H2,1H3,(H,50,55,56)/t31?,32-,34-,43+/m1/s1. The van der Waals surface area contributed by atoms with Crippen molar-refractivity contribution in [2.24, 2.45) is 16.8 Å². The Balaban J connectivity index is 0.823. The van der Waals surface area contributed by atoms with E-state index in [1.165, 1.54) is 11.8 Å². The van der Waals surface area contributed by atoms with Crippen molar-refractivity contribution in [2.75, 3.05) is 62.8 Å². The number of anilines is 2. The minimum absolute atomic E-state index is 0.120. The maximum absolute atomic E-state index is 16.4. The molecule has 4 aliphatic heterocycles. The van der Waals surface area contributed by atoms with Crippen LogP contribution in [0.2, 0.25) is 0 Å². The fraction of sp³-hybridized carbons (Fsp3) is 0.413. The number of rotatable bonds is 8. The van der Waals surface area contributed by atoms with Gasteiger partial charge in [-0.2, -0.15) is 0 Å². The molecule has 3 aromatic carbocycles. The first-order valence-electron chi connectivity index (χ1n) is 20.8. The van der Waals surface area contributed by atoms with E-state index in [1.807, 2.05) is 30.3 Å². The molecule has 1 aromatic heterocycles. The van der Waals surface area contributed by atoms with E-state index >= 15 is 4.39 Å². The quantitative estimate of drug-likeness (QED) is 0.165. The number of imide groups is 1. The second-order valence-corrected chi connectivity index (χ2v) is 16.5. The molecule has 0 saturated carbocycles. The third kappa shape index (κ3) is 7.87. The molecule has 4 atom stereocenters. The number of methoxy groups -OCH3 is 1. The fourth-order valence-corrected chi connectivity index (χ4v) is 9.87. The van der Waals surface area contributed by atoms with Gasteiger partial charge < -0.3 is 24.4 Å². The zero-order valence-corrected chi connectivity index (χ0v) is 33.2. The Labute approximate surface area is 343 Å². The van der Waals surface area contributed by atoms with Crippen LogP contribution in [0.3, 0.4) is 0 Å². The van der Waals surface area contributed by atoms with Crippen LogP contribution < -0.4 is 24.6 Å². The second kappa shape index (κ2) is 16.4. The van der Waals surface area contributed by atoms with Crippen molar-refractivity contribution in [3.8, 4) is 17.4 Å². The topological polar surface area (TPSA) is 137 Å². The van der Waals surface area contributed by atoms with E-state index in [1.54, 1.807) is 25.3 Å². The summed E-state index contributed by atoms with van der Waals surface area (Å²) in [5, 5.41) is 12.6. The number of aryl methyl sites for hydroxylation is 1. The molecule has 5 aliphatic rings. The molecule has 306 valence electrons. The van der Waals surface area contributed by atoms with E-state index in [-0.39, 0.29) is 47.5 Å². The molecule has 0 bridgehead atoms. The van der Waals surface area contributed by atoms with E-state index < -0.39 is 17.7 Å². The molecule has 1 aliphatic carbocycles. The predicted octanol–water partition coefficient (Wildman–Crippen LogP) is 5.86. The first kappa shape index (κ1) is 38.7. The SMILES string of the molecule is COc1cc(N2CCC(CN3CCN4c5ccc(C(=O)N=CC6CCC(=O)NC6=O)nc5OC[C@H]4C3)CC2)c(F)cc1[C@@H]1c2ccc(O)cc2CC[C@@H]1c1ccccc1. The lowest BCUT2D eigenvalue weighted by Gasteiger charge is -2.46. The van der Waals surface area contributed by atoms with Crippen molar-refractivity contribution in [1.82, 2.24) is 15.2 Å². The summed E-state index contributed by atoms with van der Waals surface area (Å²) in [6.45, 7) is 5.46. The molecular formula is C46H49FN6O6. The Hall–Kier alpha value is -5.82. The Morgan fingerprint density at radius 3 is 2.59 bits per heavy atom. The van der Waals surface area contributed by atoms with Gasteiger partial charge in [0.2, 0.25) is 17.7 Å². The summed E-state index contributed by atoms with van der Waals surface area (Å²) in [5.41, 5.74) is 5.81. The minimum atomic E-state index is -0.627. The van der Waals surface area contributed by atoms with Gasteiger partial charge in [-0.1, -0.05) is 36.4 Å². The van der Waals surface area contributed by atoms with Crippen LogP contribution in [0.5, 0.6) is 17.4 Å². The molecular weight excluding hydrogens is 752 g/mol. The number of fused-ring (bicyclic) bond motifs is 4. The van der Waals surface area contributed by atoms with Gasteiger partial charge in [-0.3, -0.25) is 24.6 Å². The number of pyridine rings is 1. The highest BCUT2D eigenvalue weighted by Gasteiger charge is 2.37. The van der Waals surface area contributed by atoms with Crippen molar-refractivity contribution in [3.63, 3.8) is 0 Å². The summed E-state index contributed by atoms with van der Waals surface area (Å²) >= 11 is 0. The molecule has 0 spiro atoms. The monoisotopic (exact) mass is 800 g/mol. The van der Waals surface area contributed by atoms with E-state index in [9.17, 15) is 19.5 Å². The van der Waals surface area contributed by atoms with Crippen molar-refractivity contribution in [3.05, 3.63) is 107 Å². The van der Waals surface area contributed by atoms with Crippen LogP contribution in [-0.2, 0) is 16.0 Å². The Morgan fingerprint density at radius 2 is 1.80 bits per heavy atom. The van der Waals surface area contributed by atoms with Gasteiger partial charge in [0.15, 0.2) is 0 Å². The summed E-state index contributed by atoms with van der Waals surface area (Å²) < 4.78 is 28.5. The maximum atomic E-state index is 16.4. The van der Waals surface area contributed by atoms with Gasteiger partial charge in [0, 0.05) is 69.5 Å². The summed E-state index contributed by atoms with van der Waals surface area (Å²) in [4.78, 5) is 51.7. The van der Waals surface area contributed by atoms with Crippen molar-refractivity contribution < 1.29 is 33.4 Å². The number of nitrogens with one attached hydrogen (secondary N) is 1. The van der Waals surface area contributed by atoms with Gasteiger partial charge in [0.25, 0.3) is 5.91 Å². The summed E-state index contributed by atoms with van der Waals surface area (Å²) in [6.07, 6.45) is 5.46. The van der Waals surface area contributed by atoms with E-state index in [0.717, 1.165) is 87.3 Å². The average Bonchev–Trinajstić information content (AvgIpc) is 3.25. The number of phenolic OH excluding ortho intramolecular Hbond substituents is 1. The van der Waals surface area contributed by atoms with E-state index in [0.29, 0.717) is 36.3 Å². The molecule has 9 rings (SSSR count). The maximum Gasteiger partial charge on any atom is 0.295 e. The van der Waals surface area contributed by atoms with Crippen LogP contribution in [0.1, 0.15) is 76.7 Å². The van der Waals surface area contributed by atoms with Crippen LogP contribution in [0.25, 0.3) is 0 Å². The van der Waals surface area contributed by atoms with E-state index in [2.05, 4.69) is 54.3 Å². The molecule has 13 heteroatoms. The Bertz CT molecular complexity index is 2280. The van der Waals surface area contributed by atoms with Crippen LogP contribution in [-0.4, -0.2) is 98.0 Å². The predicted molar refractivity (Wildman–Crippen MR) is 221 cm³/mol. The third-order valence-corrected chi connectivity index (χ3v) is 12.9. The average molecular weight is 801 g/mol. The second-order valence-electron chi connectivity index (χ2n) is 16.5. The molecule has 12 nitrogen and oxygen atoms in total. The summed E-state index contributed by atoms with van der Waals surface area (Å²) in [5.74, 6) is -0.367. The Morgan fingerprint density at radius 1 is 0.966 bits per heavy atom. The highest BCUT2D eigenvalue weighted by Crippen LogP contribution is 2.50. The molecule has 0 radical (unpaired) electrons. The molecule has 59 heavy (non-hydrogen) atoms. The number of ether oxygens (including phenoxy) is 2. The number of piperidine rings is 2. The van der Waals surface area contributed by atoms with Crippen molar-refractivity contribution in [2.45, 2.75) is 56.4 Å². The molecule has 3 fully saturated rings. The number of piperazine rings is 1. The van der Waals surface area contributed by atoms with Crippen molar-refractivity contribution in [1.29, 1.82) is 0 Å². The van der Waals surface area contributed by atoms with Gasteiger partial charge in [0.05, 0.1) is 24.8 Å².